The summed E-state index contributed by atoms with van der Waals surface area (Å²) < 4.78 is 9.01. The van der Waals surface area contributed by atoms with Gasteiger partial charge in [-0.25, -0.2) is 0 Å². The summed E-state index contributed by atoms with van der Waals surface area (Å²) in [6.45, 7) is 3.87. The topological polar surface area (TPSA) is 38.6 Å². The van der Waals surface area contributed by atoms with Gasteiger partial charge in [-0.1, -0.05) is 19.1 Å². The van der Waals surface area contributed by atoms with Crippen LogP contribution in [0, 0.1) is 0 Å². The van der Waals surface area contributed by atoms with E-state index in [0.717, 1.165) is 40.4 Å². The van der Waals surface area contributed by atoms with Crippen LogP contribution >= 0.6 is 27.3 Å². The van der Waals surface area contributed by atoms with Crippen molar-refractivity contribution in [1.29, 1.82) is 0 Å². The fourth-order valence-electron chi connectivity index (χ4n) is 2.07. The maximum atomic E-state index is 6.00. The lowest BCUT2D eigenvalue weighted by atomic mass is 10.3. The van der Waals surface area contributed by atoms with Crippen molar-refractivity contribution in [3.8, 4) is 11.6 Å². The lowest BCUT2D eigenvalue weighted by molar-refractivity contribution is 0.453. The van der Waals surface area contributed by atoms with E-state index >= 15 is 0 Å². The van der Waals surface area contributed by atoms with Gasteiger partial charge in [-0.15, -0.1) is 11.3 Å². The maximum absolute atomic E-state index is 6.00. The van der Waals surface area contributed by atoms with E-state index in [0.29, 0.717) is 5.88 Å². The highest BCUT2D eigenvalue weighted by Gasteiger charge is 2.15. The van der Waals surface area contributed by atoms with Crippen LogP contribution in [0.2, 0.25) is 0 Å². The fourth-order valence-corrected chi connectivity index (χ4v) is 3.16. The molecule has 0 aliphatic rings. The van der Waals surface area contributed by atoms with Crippen LogP contribution < -0.4 is 10.1 Å². The lowest BCUT2D eigenvalue weighted by Gasteiger charge is -2.08. The predicted octanol–water partition coefficient (Wildman–Crippen LogP) is 4.45. The normalized spacial score (nSPS) is 11.1. The van der Waals surface area contributed by atoms with E-state index in [1.807, 2.05) is 35.8 Å². The van der Waals surface area contributed by atoms with Crippen molar-refractivity contribution in [3.05, 3.63) is 46.0 Å². The van der Waals surface area contributed by atoms with E-state index in [2.05, 4.69) is 37.6 Å². The second-order valence-corrected chi connectivity index (χ2v) is 6.36. The van der Waals surface area contributed by atoms with Crippen molar-refractivity contribution in [2.24, 2.45) is 0 Å². The number of imidazole rings is 1. The number of fused-ring (bicyclic) bond motifs is 1. The molecule has 0 atom stereocenters. The van der Waals surface area contributed by atoms with Gasteiger partial charge in [0.1, 0.15) is 11.4 Å². The Hall–Kier alpha value is -1.37. The standard InChI is InChI=1S/C15H16BrN3OS/c1-2-7-17-10-12-14(18-15-19(12)8-9-21-15)20-13-6-4-3-5-11(13)16/h3-6,8-9,17H,2,7,10H2,1H3. The molecule has 2 aromatic heterocycles. The van der Waals surface area contributed by atoms with Gasteiger partial charge in [0.2, 0.25) is 5.88 Å². The molecule has 3 rings (SSSR count). The van der Waals surface area contributed by atoms with E-state index in [9.17, 15) is 0 Å². The van der Waals surface area contributed by atoms with Crippen LogP contribution in [-0.2, 0) is 6.54 Å². The first-order valence-electron chi connectivity index (χ1n) is 6.87. The summed E-state index contributed by atoms with van der Waals surface area (Å²) in [7, 11) is 0. The molecule has 3 aromatic rings. The minimum atomic E-state index is 0.664. The largest absolute Gasteiger partial charge is 0.436 e. The summed E-state index contributed by atoms with van der Waals surface area (Å²) in [4.78, 5) is 5.54. The zero-order valence-corrected chi connectivity index (χ0v) is 14.1. The highest BCUT2D eigenvalue weighted by Crippen LogP contribution is 2.32. The summed E-state index contributed by atoms with van der Waals surface area (Å²) >= 11 is 5.11. The quantitative estimate of drug-likeness (QED) is 0.655. The molecule has 1 aromatic carbocycles. The van der Waals surface area contributed by atoms with Crippen molar-refractivity contribution in [3.63, 3.8) is 0 Å². The summed E-state index contributed by atoms with van der Waals surface area (Å²) in [6, 6.07) is 7.81. The van der Waals surface area contributed by atoms with Crippen molar-refractivity contribution in [2.45, 2.75) is 19.9 Å². The third kappa shape index (κ3) is 3.12. The van der Waals surface area contributed by atoms with Gasteiger partial charge in [-0.2, -0.15) is 4.98 Å². The van der Waals surface area contributed by atoms with E-state index < -0.39 is 0 Å². The molecule has 0 radical (unpaired) electrons. The van der Waals surface area contributed by atoms with Gasteiger partial charge in [0, 0.05) is 18.1 Å². The number of aromatic nitrogens is 2. The van der Waals surface area contributed by atoms with E-state index in [4.69, 9.17) is 4.74 Å². The average molecular weight is 366 g/mol. The maximum Gasteiger partial charge on any atom is 0.243 e. The Balaban J connectivity index is 1.91. The molecule has 0 unspecified atom stereocenters. The first kappa shape index (κ1) is 14.6. The van der Waals surface area contributed by atoms with Gasteiger partial charge >= 0.3 is 0 Å². The molecular weight excluding hydrogens is 350 g/mol. The molecule has 4 nitrogen and oxygen atoms in total. The molecule has 0 spiro atoms. The molecule has 6 heteroatoms. The summed E-state index contributed by atoms with van der Waals surface area (Å²) in [5.41, 5.74) is 1.05. The number of halogens is 1. The zero-order chi connectivity index (χ0) is 14.7. The molecule has 1 N–H and O–H groups in total. The molecule has 0 saturated heterocycles. The van der Waals surface area contributed by atoms with Crippen LogP contribution in [0.4, 0.5) is 0 Å². The molecule has 0 fully saturated rings. The number of nitrogens with zero attached hydrogens (tertiary/aromatic N) is 2. The molecule has 0 saturated carbocycles. The number of thiazole rings is 1. The van der Waals surface area contributed by atoms with Crippen molar-refractivity contribution in [1.82, 2.24) is 14.7 Å². The molecule has 21 heavy (non-hydrogen) atoms. The van der Waals surface area contributed by atoms with Crippen molar-refractivity contribution in [2.75, 3.05) is 6.54 Å². The highest BCUT2D eigenvalue weighted by atomic mass is 79.9. The first-order chi connectivity index (χ1) is 10.3. The van der Waals surface area contributed by atoms with Crippen LogP contribution in [0.1, 0.15) is 19.0 Å². The number of rotatable bonds is 6. The van der Waals surface area contributed by atoms with Crippen LogP contribution in [0.15, 0.2) is 40.3 Å². The van der Waals surface area contributed by atoms with Crippen LogP contribution in [0.3, 0.4) is 0 Å². The average Bonchev–Trinajstić information content (AvgIpc) is 3.04. The van der Waals surface area contributed by atoms with E-state index in [-0.39, 0.29) is 0 Å². The first-order valence-corrected chi connectivity index (χ1v) is 8.54. The Morgan fingerprint density at radius 3 is 3.05 bits per heavy atom. The Morgan fingerprint density at radius 2 is 2.24 bits per heavy atom. The molecule has 2 heterocycles. The summed E-state index contributed by atoms with van der Waals surface area (Å²) in [5.74, 6) is 1.44. The number of benzene rings is 1. The van der Waals surface area contributed by atoms with Gasteiger partial charge in [0.05, 0.1) is 4.47 Å². The van der Waals surface area contributed by atoms with Gasteiger partial charge in [0.15, 0.2) is 4.96 Å². The van der Waals surface area contributed by atoms with Gasteiger partial charge in [0.25, 0.3) is 0 Å². The molecule has 0 aliphatic heterocycles. The SMILES string of the molecule is CCCNCc1c(Oc2ccccc2Br)nc2sccn12. The van der Waals surface area contributed by atoms with E-state index in [1.165, 1.54) is 0 Å². The third-order valence-corrected chi connectivity index (χ3v) is 4.50. The number of para-hydroxylation sites is 1. The Bertz CT molecular complexity index is 737. The Labute approximate surface area is 135 Å². The Morgan fingerprint density at radius 1 is 1.38 bits per heavy atom. The van der Waals surface area contributed by atoms with Gasteiger partial charge in [-0.3, -0.25) is 4.40 Å². The summed E-state index contributed by atoms with van der Waals surface area (Å²) in [6.07, 6.45) is 3.13. The predicted molar refractivity (Wildman–Crippen MR) is 89.3 cm³/mol. The van der Waals surface area contributed by atoms with Crippen LogP contribution in [0.25, 0.3) is 4.96 Å². The van der Waals surface area contributed by atoms with Crippen molar-refractivity contribution < 1.29 is 4.74 Å². The zero-order valence-electron chi connectivity index (χ0n) is 11.7. The second kappa shape index (κ2) is 6.60. The minimum absolute atomic E-state index is 0.664. The second-order valence-electron chi connectivity index (χ2n) is 4.63. The molecule has 110 valence electrons. The number of hydrogen-bond donors (Lipinski definition) is 1. The smallest absolute Gasteiger partial charge is 0.243 e. The lowest BCUT2D eigenvalue weighted by Crippen LogP contribution is -2.15. The third-order valence-electron chi connectivity index (χ3n) is 3.09. The van der Waals surface area contributed by atoms with E-state index in [1.54, 1.807) is 11.3 Å². The molecule has 0 aliphatic carbocycles. The highest BCUT2D eigenvalue weighted by molar-refractivity contribution is 9.10. The summed E-state index contributed by atoms with van der Waals surface area (Å²) in [5, 5.41) is 5.45. The minimum Gasteiger partial charge on any atom is -0.436 e. The van der Waals surface area contributed by atoms with Gasteiger partial charge < -0.3 is 10.1 Å². The molecule has 0 amide bonds. The number of nitrogens with one attached hydrogen (secondary N) is 1. The van der Waals surface area contributed by atoms with Crippen molar-refractivity contribution >= 4 is 32.2 Å². The molecule has 0 bridgehead atoms. The molecular formula is C15H16BrN3OS. The number of hydrogen-bond acceptors (Lipinski definition) is 4. The Kier molecular flexibility index (Phi) is 4.57. The van der Waals surface area contributed by atoms with Gasteiger partial charge in [-0.05, 0) is 41.0 Å². The van der Waals surface area contributed by atoms with Crippen LogP contribution in [-0.4, -0.2) is 15.9 Å². The van der Waals surface area contributed by atoms with Crippen LogP contribution in [0.5, 0.6) is 11.6 Å². The number of ether oxygens (including phenoxy) is 1. The monoisotopic (exact) mass is 365 g/mol. The fraction of sp³-hybridized carbons (Fsp3) is 0.267.